The van der Waals surface area contributed by atoms with Crippen LogP contribution in [0.25, 0.3) is 17.4 Å². The lowest BCUT2D eigenvalue weighted by Gasteiger charge is -2.02. The number of thioether (sulfide) groups is 1. The van der Waals surface area contributed by atoms with Gasteiger partial charge < -0.3 is 14.6 Å². The minimum Gasteiger partial charge on any atom is -0.507 e. The fourth-order valence-corrected chi connectivity index (χ4v) is 3.74. The predicted molar refractivity (Wildman–Crippen MR) is 109 cm³/mol. The molecular formula is C22H18O5S. The van der Waals surface area contributed by atoms with Crippen LogP contribution in [0.1, 0.15) is 40.3 Å². The first-order valence-electron chi connectivity index (χ1n) is 8.73. The maximum Gasteiger partial charge on any atom is 0.339 e. The summed E-state index contributed by atoms with van der Waals surface area (Å²) < 4.78 is 5.74. The third-order valence-electron chi connectivity index (χ3n) is 3.99. The van der Waals surface area contributed by atoms with E-state index in [4.69, 9.17) is 9.52 Å². The van der Waals surface area contributed by atoms with E-state index in [0.29, 0.717) is 27.6 Å². The van der Waals surface area contributed by atoms with Crippen molar-refractivity contribution in [3.8, 4) is 17.1 Å². The summed E-state index contributed by atoms with van der Waals surface area (Å²) in [7, 11) is 0. The highest BCUT2D eigenvalue weighted by molar-refractivity contribution is 8.04. The molecule has 142 valence electrons. The SMILES string of the molecule is CC.O=C(O)c1cc(-c2ccc(/C=C3\Sc4ccccc4C3=O)o2)ccc1O. The molecule has 0 bridgehead atoms. The molecule has 0 unspecified atom stereocenters. The number of fused-ring (bicyclic) bond motifs is 1. The molecule has 4 rings (SSSR count). The standard InChI is InChI=1S/C20H12O5S.C2H6/c21-15-7-5-11(9-14(15)20(23)24)16-8-6-12(25-16)10-18-19(22)13-3-1-2-4-17(13)26-18;1-2/h1-10,21H,(H,23,24);1-2H3/b18-10-;. The minimum atomic E-state index is -1.22. The molecular weight excluding hydrogens is 376 g/mol. The number of rotatable bonds is 3. The third kappa shape index (κ3) is 3.73. The van der Waals surface area contributed by atoms with E-state index in [1.807, 2.05) is 32.0 Å². The first-order chi connectivity index (χ1) is 13.5. The molecule has 1 aromatic heterocycles. The normalized spacial score (nSPS) is 13.8. The van der Waals surface area contributed by atoms with Crippen molar-refractivity contribution in [1.29, 1.82) is 0 Å². The van der Waals surface area contributed by atoms with Gasteiger partial charge in [-0.1, -0.05) is 37.7 Å². The summed E-state index contributed by atoms with van der Waals surface area (Å²) in [6.07, 6.45) is 1.68. The van der Waals surface area contributed by atoms with Crippen LogP contribution in [-0.2, 0) is 0 Å². The van der Waals surface area contributed by atoms with Gasteiger partial charge in [0.25, 0.3) is 0 Å². The van der Waals surface area contributed by atoms with Gasteiger partial charge in [0.15, 0.2) is 0 Å². The maximum atomic E-state index is 12.4. The smallest absolute Gasteiger partial charge is 0.339 e. The number of carboxylic acids is 1. The quantitative estimate of drug-likeness (QED) is 0.554. The molecule has 1 aliphatic heterocycles. The molecule has 0 spiro atoms. The number of allylic oxidation sites excluding steroid dienone is 1. The number of hydrogen-bond donors (Lipinski definition) is 2. The van der Waals surface area contributed by atoms with Gasteiger partial charge in [-0.05, 0) is 48.5 Å². The highest BCUT2D eigenvalue weighted by atomic mass is 32.2. The summed E-state index contributed by atoms with van der Waals surface area (Å²) in [5.41, 5.74) is 1.01. The molecule has 0 fully saturated rings. The number of aromatic hydroxyl groups is 1. The summed E-state index contributed by atoms with van der Waals surface area (Å²) in [6.45, 7) is 4.00. The van der Waals surface area contributed by atoms with Gasteiger partial charge >= 0.3 is 5.97 Å². The van der Waals surface area contributed by atoms with Crippen LogP contribution in [0.4, 0.5) is 0 Å². The summed E-state index contributed by atoms with van der Waals surface area (Å²) in [5.74, 6) is -0.618. The summed E-state index contributed by atoms with van der Waals surface area (Å²) in [5, 5.41) is 18.7. The van der Waals surface area contributed by atoms with Crippen LogP contribution in [-0.4, -0.2) is 22.0 Å². The molecule has 5 nitrogen and oxygen atoms in total. The van der Waals surface area contributed by atoms with Gasteiger partial charge in [-0.15, -0.1) is 0 Å². The van der Waals surface area contributed by atoms with Crippen molar-refractivity contribution in [1.82, 2.24) is 0 Å². The summed E-state index contributed by atoms with van der Waals surface area (Å²) >= 11 is 1.39. The van der Waals surface area contributed by atoms with Crippen molar-refractivity contribution in [3.63, 3.8) is 0 Å². The maximum absolute atomic E-state index is 12.4. The number of hydrogen-bond acceptors (Lipinski definition) is 5. The largest absolute Gasteiger partial charge is 0.507 e. The van der Waals surface area contributed by atoms with E-state index in [1.54, 1.807) is 30.3 Å². The number of furan rings is 1. The van der Waals surface area contributed by atoms with E-state index in [9.17, 15) is 14.7 Å². The number of carboxylic acid groups (broad SMARTS) is 1. The Hall–Kier alpha value is -3.25. The fraction of sp³-hybridized carbons (Fsp3) is 0.0909. The van der Waals surface area contributed by atoms with Crippen molar-refractivity contribution in [2.24, 2.45) is 0 Å². The highest BCUT2D eigenvalue weighted by Crippen LogP contribution is 2.41. The number of phenols is 1. The lowest BCUT2D eigenvalue weighted by Crippen LogP contribution is -1.96. The second-order valence-corrected chi connectivity index (χ2v) is 6.76. The van der Waals surface area contributed by atoms with Gasteiger partial charge in [-0.25, -0.2) is 4.79 Å². The molecule has 6 heteroatoms. The third-order valence-corrected chi connectivity index (χ3v) is 5.09. The second-order valence-electron chi connectivity index (χ2n) is 5.68. The Bertz CT molecular complexity index is 1080. The Morgan fingerprint density at radius 1 is 1.07 bits per heavy atom. The van der Waals surface area contributed by atoms with Crippen LogP contribution < -0.4 is 0 Å². The molecule has 28 heavy (non-hydrogen) atoms. The topological polar surface area (TPSA) is 87.7 Å². The Kier molecular flexibility index (Phi) is 5.70. The van der Waals surface area contributed by atoms with E-state index >= 15 is 0 Å². The average molecular weight is 394 g/mol. The van der Waals surface area contributed by atoms with E-state index in [0.717, 1.165) is 4.90 Å². The van der Waals surface area contributed by atoms with Crippen LogP contribution in [0.5, 0.6) is 5.75 Å². The summed E-state index contributed by atoms with van der Waals surface area (Å²) in [4.78, 5) is 25.0. The molecule has 0 amide bonds. The van der Waals surface area contributed by atoms with Crippen molar-refractivity contribution in [2.45, 2.75) is 18.7 Å². The van der Waals surface area contributed by atoms with Gasteiger partial charge in [0.05, 0.1) is 4.91 Å². The number of benzene rings is 2. The van der Waals surface area contributed by atoms with Gasteiger partial charge in [0.2, 0.25) is 5.78 Å². The number of ketones is 1. The first-order valence-corrected chi connectivity index (χ1v) is 9.54. The van der Waals surface area contributed by atoms with Gasteiger partial charge in [-0.3, -0.25) is 4.79 Å². The van der Waals surface area contributed by atoms with Crippen LogP contribution in [0.3, 0.4) is 0 Å². The zero-order chi connectivity index (χ0) is 20.3. The van der Waals surface area contributed by atoms with Crippen molar-refractivity contribution in [3.05, 3.63) is 76.4 Å². The Morgan fingerprint density at radius 3 is 2.54 bits per heavy atom. The first kappa shape index (κ1) is 19.5. The van der Waals surface area contributed by atoms with Crippen molar-refractivity contribution in [2.75, 3.05) is 0 Å². The zero-order valence-corrected chi connectivity index (χ0v) is 16.1. The van der Waals surface area contributed by atoms with Gasteiger partial charge in [-0.2, -0.15) is 0 Å². The molecule has 1 aliphatic rings. The monoisotopic (exact) mass is 394 g/mol. The Labute approximate surface area is 166 Å². The minimum absolute atomic E-state index is 0.0404. The highest BCUT2D eigenvalue weighted by Gasteiger charge is 2.25. The number of Topliss-reactive ketones (excluding diaryl/α,β-unsaturated/α-hetero) is 1. The van der Waals surface area contributed by atoms with E-state index in [-0.39, 0.29) is 17.1 Å². The van der Waals surface area contributed by atoms with Crippen LogP contribution in [0.15, 0.2) is 68.8 Å². The van der Waals surface area contributed by atoms with Gasteiger partial charge in [0, 0.05) is 16.0 Å². The number of carbonyl (C=O) groups excluding carboxylic acids is 1. The molecule has 0 saturated heterocycles. The summed E-state index contributed by atoms with van der Waals surface area (Å²) in [6, 6.07) is 15.1. The second kappa shape index (κ2) is 8.19. The van der Waals surface area contributed by atoms with E-state index in [2.05, 4.69) is 0 Å². The van der Waals surface area contributed by atoms with Crippen LogP contribution in [0.2, 0.25) is 0 Å². The Morgan fingerprint density at radius 2 is 1.82 bits per heavy atom. The molecule has 0 saturated carbocycles. The Balaban J connectivity index is 0.00000109. The van der Waals surface area contributed by atoms with E-state index < -0.39 is 5.97 Å². The zero-order valence-electron chi connectivity index (χ0n) is 15.3. The molecule has 0 radical (unpaired) electrons. The number of carbonyl (C=O) groups is 2. The van der Waals surface area contributed by atoms with Crippen LogP contribution in [0, 0.1) is 0 Å². The van der Waals surface area contributed by atoms with Crippen LogP contribution >= 0.6 is 11.8 Å². The molecule has 0 aliphatic carbocycles. The molecule has 2 aromatic carbocycles. The van der Waals surface area contributed by atoms with E-state index in [1.165, 1.54) is 23.9 Å². The predicted octanol–water partition coefficient (Wildman–Crippen LogP) is 5.71. The molecule has 0 atom stereocenters. The molecule has 3 aromatic rings. The number of aromatic carboxylic acids is 1. The molecule has 2 heterocycles. The van der Waals surface area contributed by atoms with Gasteiger partial charge in [0.1, 0.15) is 22.8 Å². The van der Waals surface area contributed by atoms with Crippen molar-refractivity contribution >= 4 is 29.6 Å². The van der Waals surface area contributed by atoms with Crippen molar-refractivity contribution < 1.29 is 24.2 Å². The fourth-order valence-electron chi connectivity index (χ4n) is 2.71. The lowest BCUT2D eigenvalue weighted by atomic mass is 10.1. The molecule has 2 N–H and O–H groups in total. The average Bonchev–Trinajstić information content (AvgIpc) is 3.29. The lowest BCUT2D eigenvalue weighted by molar-refractivity contribution is 0.0693.